The number of fused-ring (bicyclic) bond motifs is 1. The fraction of sp³-hybridized carbons (Fsp3) is 0.100. The molecule has 0 saturated carbocycles. The summed E-state index contributed by atoms with van der Waals surface area (Å²) in [6, 6.07) is 18.1. The molecule has 0 radical (unpaired) electrons. The monoisotopic (exact) mass is 367 g/mol. The number of Topliss-reactive ketones (excluding diaryl/α,β-unsaturated/α-hetero) is 2. The first kappa shape index (κ1) is 19.6. The van der Waals surface area contributed by atoms with Crippen molar-refractivity contribution < 1.29 is 29.4 Å². The lowest BCUT2D eigenvalue weighted by molar-refractivity contribution is -0.148. The summed E-state index contributed by atoms with van der Waals surface area (Å²) >= 11 is 0. The molecule has 0 aliphatic rings. The highest BCUT2D eigenvalue weighted by atomic mass is 16.4. The zero-order valence-corrected chi connectivity index (χ0v) is 14.2. The number of ketones is 2. The smallest absolute Gasteiger partial charge is 0.372 e. The molecule has 0 unspecified atom stereocenters. The Bertz CT molecular complexity index is 941. The minimum Gasteiger partial charge on any atom is -0.475 e. The van der Waals surface area contributed by atoms with E-state index in [-0.39, 0.29) is 12.8 Å². The summed E-state index contributed by atoms with van der Waals surface area (Å²) in [5.41, 5.74) is 2.26. The number of aromatic amines is 1. The van der Waals surface area contributed by atoms with E-state index >= 15 is 0 Å². The Kier molecular flexibility index (Phi) is 6.60. The average Bonchev–Trinajstić information content (AvgIpc) is 3.05. The fourth-order valence-electron chi connectivity index (χ4n) is 2.33. The number of nitrogens with one attached hydrogen (secondary N) is 1. The highest BCUT2D eigenvalue weighted by Gasteiger charge is 2.13. The van der Waals surface area contributed by atoms with Crippen molar-refractivity contribution in [3.63, 3.8) is 0 Å². The zero-order valence-electron chi connectivity index (χ0n) is 14.2. The van der Waals surface area contributed by atoms with Crippen molar-refractivity contribution in [2.24, 2.45) is 0 Å². The summed E-state index contributed by atoms with van der Waals surface area (Å²) in [6.45, 7) is 0. The fourth-order valence-corrected chi connectivity index (χ4v) is 2.33. The van der Waals surface area contributed by atoms with Crippen LogP contribution in [0.25, 0.3) is 10.9 Å². The van der Waals surface area contributed by atoms with Gasteiger partial charge in [-0.05, 0) is 23.1 Å². The van der Waals surface area contributed by atoms with Crippen LogP contribution in [0.1, 0.15) is 11.3 Å². The molecule has 7 nitrogen and oxygen atoms in total. The van der Waals surface area contributed by atoms with Crippen LogP contribution in [-0.2, 0) is 32.0 Å². The lowest BCUT2D eigenvalue weighted by atomic mass is 10.1. The van der Waals surface area contributed by atoms with Crippen molar-refractivity contribution in [1.82, 2.24) is 4.98 Å². The molecular weight excluding hydrogens is 350 g/mol. The van der Waals surface area contributed by atoms with Gasteiger partial charge in [0.1, 0.15) is 0 Å². The number of benzene rings is 2. The topological polar surface area (TPSA) is 125 Å². The third kappa shape index (κ3) is 5.93. The van der Waals surface area contributed by atoms with Gasteiger partial charge >= 0.3 is 11.9 Å². The van der Waals surface area contributed by atoms with Gasteiger partial charge in [0.15, 0.2) is 0 Å². The predicted octanol–water partition coefficient (Wildman–Crippen LogP) is 2.25. The van der Waals surface area contributed by atoms with E-state index < -0.39 is 23.5 Å². The van der Waals surface area contributed by atoms with Crippen LogP contribution in [-0.4, -0.2) is 38.7 Å². The number of carboxylic acids is 2. The van der Waals surface area contributed by atoms with Gasteiger partial charge in [0, 0.05) is 17.6 Å². The molecule has 3 N–H and O–H groups in total. The molecule has 0 aliphatic heterocycles. The van der Waals surface area contributed by atoms with E-state index in [1.54, 1.807) is 30.3 Å². The summed E-state index contributed by atoms with van der Waals surface area (Å²) in [7, 11) is 0. The standard InChI is InChI=1S/C11H9NO3.C9H8O3/c13-10(11(14)15)6-8-5-7-3-1-2-4-9(7)12-8;10-8(9(11)12)6-7-4-2-1-3-5-7/h1-5,12H,6H2,(H,14,15);1-5H,6H2,(H,11,12). The molecule has 1 heterocycles. The van der Waals surface area contributed by atoms with Gasteiger partial charge in [0.25, 0.3) is 0 Å². The van der Waals surface area contributed by atoms with Crippen molar-refractivity contribution in [2.45, 2.75) is 12.8 Å². The second-order valence-corrected chi connectivity index (χ2v) is 5.68. The van der Waals surface area contributed by atoms with Gasteiger partial charge in [-0.3, -0.25) is 9.59 Å². The molecule has 3 rings (SSSR count). The predicted molar refractivity (Wildman–Crippen MR) is 97.4 cm³/mol. The van der Waals surface area contributed by atoms with E-state index in [9.17, 15) is 19.2 Å². The van der Waals surface area contributed by atoms with Gasteiger partial charge in [-0.15, -0.1) is 0 Å². The number of carboxylic acid groups (broad SMARTS) is 2. The van der Waals surface area contributed by atoms with E-state index in [1.807, 2.05) is 30.3 Å². The SMILES string of the molecule is O=C(O)C(=O)Cc1cc2ccccc2[nH]1.O=C(O)C(=O)Cc1ccccc1. The number of aromatic nitrogens is 1. The van der Waals surface area contributed by atoms with Crippen molar-refractivity contribution in [1.29, 1.82) is 0 Å². The van der Waals surface area contributed by atoms with Crippen LogP contribution in [0.3, 0.4) is 0 Å². The number of hydrogen-bond donors (Lipinski definition) is 3. The van der Waals surface area contributed by atoms with Crippen molar-refractivity contribution in [3.8, 4) is 0 Å². The maximum Gasteiger partial charge on any atom is 0.372 e. The Morgan fingerprint density at radius 3 is 1.89 bits per heavy atom. The number of H-pyrrole nitrogens is 1. The van der Waals surface area contributed by atoms with Gasteiger partial charge in [0.2, 0.25) is 11.6 Å². The van der Waals surface area contributed by atoms with Crippen molar-refractivity contribution in [3.05, 3.63) is 71.9 Å². The molecule has 0 atom stereocenters. The van der Waals surface area contributed by atoms with Crippen LogP contribution in [0.5, 0.6) is 0 Å². The normalized spacial score (nSPS) is 9.93. The molecular formula is C20H17NO6. The molecule has 0 fully saturated rings. The molecule has 1 aromatic heterocycles. The summed E-state index contributed by atoms with van der Waals surface area (Å²) in [5.74, 6) is -4.35. The van der Waals surface area contributed by atoms with Crippen molar-refractivity contribution in [2.75, 3.05) is 0 Å². The van der Waals surface area contributed by atoms with Gasteiger partial charge in [-0.1, -0.05) is 48.5 Å². The molecule has 3 aromatic rings. The van der Waals surface area contributed by atoms with Gasteiger partial charge in [-0.2, -0.15) is 0 Å². The minimum atomic E-state index is -1.39. The molecule has 7 heteroatoms. The van der Waals surface area contributed by atoms with Crippen LogP contribution < -0.4 is 0 Å². The lowest BCUT2D eigenvalue weighted by Crippen LogP contribution is -2.15. The second-order valence-electron chi connectivity index (χ2n) is 5.68. The number of aliphatic carboxylic acids is 2. The number of hydrogen-bond acceptors (Lipinski definition) is 4. The number of carbonyl (C=O) groups is 4. The first-order valence-electron chi connectivity index (χ1n) is 7.99. The van der Waals surface area contributed by atoms with E-state index in [0.29, 0.717) is 5.69 Å². The third-order valence-electron chi connectivity index (χ3n) is 3.62. The lowest BCUT2D eigenvalue weighted by Gasteiger charge is -1.94. The van der Waals surface area contributed by atoms with Gasteiger partial charge < -0.3 is 15.2 Å². The molecule has 27 heavy (non-hydrogen) atoms. The van der Waals surface area contributed by atoms with E-state index in [2.05, 4.69) is 4.98 Å². The number of carbonyl (C=O) groups excluding carboxylic acids is 2. The van der Waals surface area contributed by atoms with Crippen LogP contribution in [0.15, 0.2) is 60.7 Å². The molecule has 0 amide bonds. The molecule has 0 spiro atoms. The van der Waals surface area contributed by atoms with E-state index in [0.717, 1.165) is 16.5 Å². The quantitative estimate of drug-likeness (QED) is 0.574. The molecule has 2 aromatic carbocycles. The average molecular weight is 367 g/mol. The van der Waals surface area contributed by atoms with E-state index in [4.69, 9.17) is 10.2 Å². The highest BCUT2D eigenvalue weighted by molar-refractivity contribution is 6.33. The molecule has 0 saturated heterocycles. The largest absolute Gasteiger partial charge is 0.475 e. The Morgan fingerprint density at radius 1 is 0.741 bits per heavy atom. The van der Waals surface area contributed by atoms with Gasteiger partial charge in [-0.25, -0.2) is 9.59 Å². The maximum absolute atomic E-state index is 11.0. The van der Waals surface area contributed by atoms with Gasteiger partial charge in [0.05, 0.1) is 6.42 Å². The zero-order chi connectivity index (χ0) is 19.8. The maximum atomic E-state index is 11.0. The van der Waals surface area contributed by atoms with Crippen LogP contribution >= 0.6 is 0 Å². The number of para-hydroxylation sites is 1. The molecule has 0 aliphatic carbocycles. The Labute approximate surface area is 154 Å². The Morgan fingerprint density at radius 2 is 1.30 bits per heavy atom. The highest BCUT2D eigenvalue weighted by Crippen LogP contribution is 2.14. The van der Waals surface area contributed by atoms with Crippen LogP contribution in [0, 0.1) is 0 Å². The molecule has 0 bridgehead atoms. The number of rotatable bonds is 6. The Hall–Kier alpha value is -3.74. The second kappa shape index (κ2) is 9.10. The first-order valence-corrected chi connectivity index (χ1v) is 7.99. The summed E-state index contributed by atoms with van der Waals surface area (Å²) in [6.07, 6.45) is -0.125. The third-order valence-corrected chi connectivity index (χ3v) is 3.62. The summed E-state index contributed by atoms with van der Waals surface area (Å²) in [4.78, 5) is 45.2. The Balaban J connectivity index is 0.000000199. The van der Waals surface area contributed by atoms with E-state index in [1.165, 1.54) is 0 Å². The summed E-state index contributed by atoms with van der Waals surface area (Å²) in [5, 5.41) is 17.7. The minimum absolute atomic E-state index is 0.0316. The molecule has 138 valence electrons. The first-order chi connectivity index (χ1) is 12.9. The van der Waals surface area contributed by atoms with Crippen LogP contribution in [0.4, 0.5) is 0 Å². The van der Waals surface area contributed by atoms with Crippen molar-refractivity contribution >= 4 is 34.4 Å². The van der Waals surface area contributed by atoms with Crippen LogP contribution in [0.2, 0.25) is 0 Å². The summed E-state index contributed by atoms with van der Waals surface area (Å²) < 4.78 is 0.